The van der Waals surface area contributed by atoms with Crippen LogP contribution in [0.5, 0.6) is 0 Å². The third-order valence-corrected chi connectivity index (χ3v) is 5.35. The number of rotatable bonds is 4. The average Bonchev–Trinajstić information content (AvgIpc) is 3.09. The van der Waals surface area contributed by atoms with Crippen molar-refractivity contribution in [2.45, 2.75) is 10.3 Å². The van der Waals surface area contributed by atoms with Gasteiger partial charge in [0.1, 0.15) is 21.4 Å². The van der Waals surface area contributed by atoms with Gasteiger partial charge in [0.05, 0.1) is 0 Å². The highest BCUT2D eigenvalue weighted by Crippen LogP contribution is 2.38. The summed E-state index contributed by atoms with van der Waals surface area (Å²) in [6.45, 7) is 0. The molecule has 1 atom stereocenters. The summed E-state index contributed by atoms with van der Waals surface area (Å²) in [4.78, 5) is 33.5. The number of carbonyl (C=O) groups is 2. The number of aromatic nitrogens is 2. The summed E-state index contributed by atoms with van der Waals surface area (Å²) in [5.74, 6) is -0.396. The SMILES string of the molecule is CNC(=O)NC(=O)[C@H](Sc1ncnc2sccc12)c1ccccc1. The number of thioether (sulfide) groups is 1. The Labute approximate surface area is 146 Å². The maximum atomic E-state index is 12.6. The molecule has 3 amide bonds. The summed E-state index contributed by atoms with van der Waals surface area (Å²) in [7, 11) is 1.46. The van der Waals surface area contributed by atoms with Crippen LogP contribution in [0.4, 0.5) is 4.79 Å². The Bertz CT molecular complexity index is 867. The van der Waals surface area contributed by atoms with E-state index in [0.29, 0.717) is 5.03 Å². The molecule has 3 rings (SSSR count). The van der Waals surface area contributed by atoms with Crippen molar-refractivity contribution in [2.24, 2.45) is 0 Å². The number of fused-ring (bicyclic) bond motifs is 1. The van der Waals surface area contributed by atoms with Gasteiger partial charge < -0.3 is 5.32 Å². The van der Waals surface area contributed by atoms with E-state index in [-0.39, 0.29) is 0 Å². The molecule has 0 aliphatic heterocycles. The molecule has 122 valence electrons. The first kappa shape index (κ1) is 16.4. The van der Waals surface area contributed by atoms with E-state index in [1.54, 1.807) is 0 Å². The molecule has 0 spiro atoms. The summed E-state index contributed by atoms with van der Waals surface area (Å²) in [6.07, 6.45) is 1.49. The van der Waals surface area contributed by atoms with Crippen molar-refractivity contribution in [3.05, 3.63) is 53.7 Å². The lowest BCUT2D eigenvalue weighted by Gasteiger charge is -2.16. The smallest absolute Gasteiger partial charge is 0.321 e. The van der Waals surface area contributed by atoms with Crippen LogP contribution in [0.1, 0.15) is 10.8 Å². The Kier molecular flexibility index (Phi) is 5.07. The number of nitrogens with zero attached hydrogens (tertiary/aromatic N) is 2. The van der Waals surface area contributed by atoms with Gasteiger partial charge in [-0.3, -0.25) is 10.1 Å². The molecule has 0 aliphatic carbocycles. The van der Waals surface area contributed by atoms with Crippen LogP contribution in [0.3, 0.4) is 0 Å². The Morgan fingerprint density at radius 3 is 2.71 bits per heavy atom. The van der Waals surface area contributed by atoms with Crippen LogP contribution < -0.4 is 10.6 Å². The molecule has 8 heteroatoms. The highest BCUT2D eigenvalue weighted by Gasteiger charge is 2.25. The molecule has 1 aromatic carbocycles. The van der Waals surface area contributed by atoms with Gasteiger partial charge in [0.25, 0.3) is 0 Å². The second-order valence-electron chi connectivity index (χ2n) is 4.80. The maximum Gasteiger partial charge on any atom is 0.321 e. The van der Waals surface area contributed by atoms with Gasteiger partial charge in [-0.1, -0.05) is 42.1 Å². The van der Waals surface area contributed by atoms with E-state index in [1.165, 1.54) is 36.5 Å². The van der Waals surface area contributed by atoms with Gasteiger partial charge >= 0.3 is 6.03 Å². The first-order valence-corrected chi connectivity index (χ1v) is 8.87. The van der Waals surface area contributed by atoms with Crippen LogP contribution in [-0.2, 0) is 4.79 Å². The fourth-order valence-corrected chi connectivity index (χ4v) is 3.99. The summed E-state index contributed by atoms with van der Waals surface area (Å²) in [6, 6.07) is 10.7. The highest BCUT2D eigenvalue weighted by molar-refractivity contribution is 8.00. The Morgan fingerprint density at radius 1 is 1.17 bits per heavy atom. The van der Waals surface area contributed by atoms with Crippen LogP contribution in [0.25, 0.3) is 10.2 Å². The zero-order valence-corrected chi connectivity index (χ0v) is 14.4. The molecule has 0 saturated heterocycles. The summed E-state index contributed by atoms with van der Waals surface area (Å²) in [5, 5.41) is 7.68. The van der Waals surface area contributed by atoms with Crippen LogP contribution in [0.15, 0.2) is 53.1 Å². The largest absolute Gasteiger partial charge is 0.341 e. The van der Waals surface area contributed by atoms with Crippen LogP contribution >= 0.6 is 23.1 Å². The van der Waals surface area contributed by atoms with Crippen molar-refractivity contribution in [1.82, 2.24) is 20.6 Å². The number of carbonyl (C=O) groups excluding carboxylic acids is 2. The number of urea groups is 1. The third kappa shape index (κ3) is 3.55. The van der Waals surface area contributed by atoms with Crippen LogP contribution in [-0.4, -0.2) is 29.0 Å². The molecule has 2 heterocycles. The van der Waals surface area contributed by atoms with E-state index in [9.17, 15) is 9.59 Å². The monoisotopic (exact) mass is 358 g/mol. The lowest BCUT2D eigenvalue weighted by molar-refractivity contribution is -0.119. The number of thiophene rings is 1. The molecule has 0 unspecified atom stereocenters. The highest BCUT2D eigenvalue weighted by atomic mass is 32.2. The standard InChI is InChI=1S/C16H14N4O2S2/c1-17-16(22)20-13(21)12(10-5-3-2-4-6-10)24-15-11-7-8-23-14(11)18-9-19-15/h2-9,12H,1H3,(H2,17,20,21,22)/t12-/m1/s1. The zero-order valence-electron chi connectivity index (χ0n) is 12.7. The van der Waals surface area contributed by atoms with Gasteiger partial charge in [0.2, 0.25) is 5.91 Å². The minimum Gasteiger partial charge on any atom is -0.341 e. The van der Waals surface area contributed by atoms with Gasteiger partial charge in [-0.2, -0.15) is 0 Å². The van der Waals surface area contributed by atoms with E-state index in [2.05, 4.69) is 20.6 Å². The van der Waals surface area contributed by atoms with Gasteiger partial charge in [0, 0.05) is 12.4 Å². The predicted octanol–water partition coefficient (Wildman–Crippen LogP) is 2.98. The number of hydrogen-bond donors (Lipinski definition) is 2. The minimum absolute atomic E-state index is 0.396. The molecule has 0 radical (unpaired) electrons. The van der Waals surface area contributed by atoms with E-state index in [1.807, 2.05) is 41.8 Å². The average molecular weight is 358 g/mol. The van der Waals surface area contributed by atoms with Gasteiger partial charge in [-0.25, -0.2) is 14.8 Å². The van der Waals surface area contributed by atoms with Crippen LogP contribution in [0.2, 0.25) is 0 Å². The first-order chi connectivity index (χ1) is 11.7. The lowest BCUT2D eigenvalue weighted by atomic mass is 10.1. The second kappa shape index (κ2) is 7.41. The van der Waals surface area contributed by atoms with Gasteiger partial charge in [-0.05, 0) is 17.0 Å². The molecule has 0 bridgehead atoms. The number of benzene rings is 1. The van der Waals surface area contributed by atoms with E-state index in [4.69, 9.17) is 0 Å². The summed E-state index contributed by atoms with van der Waals surface area (Å²) in [5.41, 5.74) is 0.797. The van der Waals surface area contributed by atoms with Crippen molar-refractivity contribution < 1.29 is 9.59 Å². The van der Waals surface area contributed by atoms with Crippen molar-refractivity contribution in [3.8, 4) is 0 Å². The van der Waals surface area contributed by atoms with Crippen molar-refractivity contribution in [1.29, 1.82) is 0 Å². The normalized spacial score (nSPS) is 11.9. The Morgan fingerprint density at radius 2 is 1.96 bits per heavy atom. The molecular formula is C16H14N4O2S2. The topological polar surface area (TPSA) is 84.0 Å². The van der Waals surface area contributed by atoms with E-state index in [0.717, 1.165) is 15.8 Å². The second-order valence-corrected chi connectivity index (χ2v) is 6.78. The number of amides is 3. The van der Waals surface area contributed by atoms with Crippen molar-refractivity contribution in [3.63, 3.8) is 0 Å². The molecule has 0 aliphatic rings. The molecule has 0 fully saturated rings. The Balaban J connectivity index is 1.94. The molecule has 2 aromatic heterocycles. The third-order valence-electron chi connectivity index (χ3n) is 3.26. The molecule has 0 saturated carbocycles. The van der Waals surface area contributed by atoms with Crippen molar-refractivity contribution >= 4 is 45.3 Å². The quantitative estimate of drug-likeness (QED) is 0.553. The molecule has 24 heavy (non-hydrogen) atoms. The molecular weight excluding hydrogens is 344 g/mol. The zero-order chi connectivity index (χ0) is 16.9. The number of hydrogen-bond acceptors (Lipinski definition) is 6. The van der Waals surface area contributed by atoms with E-state index >= 15 is 0 Å². The van der Waals surface area contributed by atoms with Crippen LogP contribution in [0, 0.1) is 0 Å². The number of imide groups is 1. The lowest BCUT2D eigenvalue weighted by Crippen LogP contribution is -2.39. The van der Waals surface area contributed by atoms with E-state index < -0.39 is 17.2 Å². The molecule has 2 N–H and O–H groups in total. The number of nitrogens with one attached hydrogen (secondary N) is 2. The summed E-state index contributed by atoms with van der Waals surface area (Å²) < 4.78 is 0. The minimum atomic E-state index is -0.596. The molecule has 6 nitrogen and oxygen atoms in total. The van der Waals surface area contributed by atoms with Gasteiger partial charge in [-0.15, -0.1) is 11.3 Å². The summed E-state index contributed by atoms with van der Waals surface area (Å²) >= 11 is 2.82. The maximum absolute atomic E-state index is 12.6. The van der Waals surface area contributed by atoms with Gasteiger partial charge in [0.15, 0.2) is 0 Å². The fraction of sp³-hybridized carbons (Fsp3) is 0.125. The molecule has 3 aromatic rings. The fourth-order valence-electron chi connectivity index (χ4n) is 2.11. The van der Waals surface area contributed by atoms with Crippen molar-refractivity contribution in [2.75, 3.05) is 7.05 Å². The Hall–Kier alpha value is -2.45. The predicted molar refractivity (Wildman–Crippen MR) is 95.1 cm³/mol. The first-order valence-electron chi connectivity index (χ1n) is 7.11.